The minimum absolute atomic E-state index is 0.0755. The lowest BCUT2D eigenvalue weighted by atomic mass is 10.0. The number of amides is 1. The fourth-order valence-corrected chi connectivity index (χ4v) is 4.77. The van der Waals surface area contributed by atoms with Gasteiger partial charge < -0.3 is 15.4 Å². The maximum absolute atomic E-state index is 12.9. The molecule has 1 amide bonds. The fourth-order valence-electron chi connectivity index (χ4n) is 3.70. The summed E-state index contributed by atoms with van der Waals surface area (Å²) in [5.41, 5.74) is 1.60. The number of pyridine rings is 1. The molecule has 1 heterocycles. The average molecular weight is 512 g/mol. The normalized spacial score (nSPS) is 12.1. The Morgan fingerprint density at radius 3 is 2.36 bits per heavy atom. The van der Waals surface area contributed by atoms with Crippen molar-refractivity contribution >= 4 is 21.9 Å². The van der Waals surface area contributed by atoms with E-state index in [-0.39, 0.29) is 23.4 Å². The Balaban J connectivity index is 1.58. The summed E-state index contributed by atoms with van der Waals surface area (Å²) in [4.78, 5) is 39.7. The van der Waals surface area contributed by atoms with E-state index < -0.39 is 33.5 Å². The predicted molar refractivity (Wildman–Crippen MR) is 135 cm³/mol. The lowest BCUT2D eigenvalue weighted by Crippen LogP contribution is -2.43. The Hall–Kier alpha value is -3.76. The van der Waals surface area contributed by atoms with Crippen molar-refractivity contribution < 1.29 is 23.1 Å². The number of hydrogen-bond acceptors (Lipinski definition) is 5. The van der Waals surface area contributed by atoms with E-state index in [1.54, 1.807) is 18.2 Å². The number of aromatic amines is 1. The number of aliphatic carboxylic acids is 1. The van der Waals surface area contributed by atoms with E-state index in [1.165, 1.54) is 18.3 Å². The monoisotopic (exact) mass is 511 g/mol. The highest BCUT2D eigenvalue weighted by molar-refractivity contribution is 7.89. The van der Waals surface area contributed by atoms with Gasteiger partial charge in [-0.25, -0.2) is 17.9 Å². The zero-order valence-electron chi connectivity index (χ0n) is 19.9. The van der Waals surface area contributed by atoms with Crippen LogP contribution in [0.2, 0.25) is 0 Å². The smallest absolute Gasteiger partial charge is 0.326 e. The van der Waals surface area contributed by atoms with Crippen LogP contribution in [-0.4, -0.2) is 43.0 Å². The highest BCUT2D eigenvalue weighted by Crippen LogP contribution is 2.13. The zero-order valence-corrected chi connectivity index (χ0v) is 20.7. The van der Waals surface area contributed by atoms with Crippen LogP contribution in [0.3, 0.4) is 0 Å². The van der Waals surface area contributed by atoms with Crippen molar-refractivity contribution in [2.45, 2.75) is 43.5 Å². The van der Waals surface area contributed by atoms with Crippen LogP contribution < -0.4 is 15.6 Å². The molecule has 0 aliphatic rings. The van der Waals surface area contributed by atoms with Gasteiger partial charge in [-0.05, 0) is 61.9 Å². The Labute approximate surface area is 209 Å². The molecule has 0 aliphatic carbocycles. The summed E-state index contributed by atoms with van der Waals surface area (Å²) in [6.45, 7) is 1.98. The molecular formula is C26H29N3O6S. The van der Waals surface area contributed by atoms with Gasteiger partial charge in [-0.1, -0.05) is 48.0 Å². The van der Waals surface area contributed by atoms with E-state index in [0.717, 1.165) is 11.1 Å². The topological polar surface area (TPSA) is 145 Å². The number of hydrogen-bond donors (Lipinski definition) is 4. The summed E-state index contributed by atoms with van der Waals surface area (Å²) >= 11 is 0. The van der Waals surface area contributed by atoms with E-state index in [9.17, 15) is 27.9 Å². The number of unbranched alkanes of at least 4 members (excludes halogenated alkanes) is 1. The van der Waals surface area contributed by atoms with Crippen molar-refractivity contribution in [2.75, 3.05) is 6.54 Å². The van der Waals surface area contributed by atoms with Crippen LogP contribution in [-0.2, 0) is 21.2 Å². The van der Waals surface area contributed by atoms with Gasteiger partial charge in [0.25, 0.3) is 11.5 Å². The lowest BCUT2D eigenvalue weighted by molar-refractivity contribution is -0.139. The average Bonchev–Trinajstić information content (AvgIpc) is 2.84. The third-order valence-corrected chi connectivity index (χ3v) is 7.13. The molecule has 36 heavy (non-hydrogen) atoms. The van der Waals surface area contributed by atoms with Gasteiger partial charge in [-0.15, -0.1) is 0 Å². The molecule has 190 valence electrons. The first-order chi connectivity index (χ1) is 17.2. The first-order valence-corrected chi connectivity index (χ1v) is 13.0. The molecule has 0 fully saturated rings. The van der Waals surface area contributed by atoms with Crippen LogP contribution in [0.15, 0.2) is 76.6 Å². The van der Waals surface area contributed by atoms with E-state index in [2.05, 4.69) is 15.0 Å². The van der Waals surface area contributed by atoms with E-state index >= 15 is 0 Å². The molecule has 4 N–H and O–H groups in total. The van der Waals surface area contributed by atoms with Gasteiger partial charge in [-0.3, -0.25) is 9.59 Å². The second kappa shape index (κ2) is 12.3. The molecule has 0 unspecified atom stereocenters. The molecule has 9 nitrogen and oxygen atoms in total. The van der Waals surface area contributed by atoms with E-state index in [1.807, 2.05) is 37.3 Å². The number of carbonyl (C=O) groups excluding carboxylic acids is 1. The van der Waals surface area contributed by atoms with Crippen LogP contribution in [0, 0.1) is 6.92 Å². The number of aromatic nitrogens is 1. The number of rotatable bonds is 12. The quantitative estimate of drug-likeness (QED) is 0.275. The minimum Gasteiger partial charge on any atom is -0.480 e. The molecule has 10 heteroatoms. The second-order valence-corrected chi connectivity index (χ2v) is 10.2. The van der Waals surface area contributed by atoms with Gasteiger partial charge in [0.2, 0.25) is 10.0 Å². The molecular weight excluding hydrogens is 482 g/mol. The molecule has 0 spiro atoms. The van der Waals surface area contributed by atoms with Crippen LogP contribution >= 0.6 is 0 Å². The van der Waals surface area contributed by atoms with Crippen LogP contribution in [0.25, 0.3) is 0 Å². The molecule has 0 aliphatic heterocycles. The Kier molecular flexibility index (Phi) is 9.15. The third-order valence-electron chi connectivity index (χ3n) is 5.66. The van der Waals surface area contributed by atoms with Gasteiger partial charge in [0.05, 0.1) is 4.90 Å². The summed E-state index contributed by atoms with van der Waals surface area (Å²) in [5.74, 6) is -2.00. The van der Waals surface area contributed by atoms with Gasteiger partial charge in [0, 0.05) is 12.7 Å². The predicted octanol–water partition coefficient (Wildman–Crippen LogP) is 2.61. The summed E-state index contributed by atoms with van der Waals surface area (Å²) in [7, 11) is -3.66. The first-order valence-electron chi connectivity index (χ1n) is 11.5. The number of sulfonamides is 1. The SMILES string of the molecule is Cc1ccc(S(=O)(=O)NCCCC[C@H](NC(=O)c2c(Cc3ccccc3)cc[nH]c2=O)C(=O)O)cc1. The Bertz CT molecular complexity index is 1350. The zero-order chi connectivity index (χ0) is 26.1. The molecule has 0 saturated heterocycles. The standard InChI is InChI=1S/C26H29N3O6S/c1-18-10-12-21(13-11-18)36(34,35)28-15-6-5-9-22(26(32)33)29-25(31)23-20(14-16-27-24(23)30)17-19-7-3-2-4-8-19/h2-4,7-8,10-14,16,22,28H,5-6,9,15,17H2,1H3,(H,27,30)(H,29,31)(H,32,33)/t22-/m0/s1. The molecule has 3 rings (SSSR count). The summed E-state index contributed by atoms with van der Waals surface area (Å²) in [6, 6.07) is 16.2. The minimum atomic E-state index is -3.66. The summed E-state index contributed by atoms with van der Waals surface area (Å²) < 4.78 is 27.2. The van der Waals surface area contributed by atoms with Crippen molar-refractivity contribution in [3.05, 3.63) is 99.5 Å². The molecule has 1 atom stereocenters. The molecule has 0 saturated carbocycles. The second-order valence-electron chi connectivity index (χ2n) is 8.44. The van der Waals surface area contributed by atoms with Crippen molar-refractivity contribution in [3.8, 4) is 0 Å². The van der Waals surface area contributed by atoms with Gasteiger partial charge >= 0.3 is 5.97 Å². The van der Waals surface area contributed by atoms with Gasteiger partial charge in [0.1, 0.15) is 11.6 Å². The van der Waals surface area contributed by atoms with Crippen LogP contribution in [0.4, 0.5) is 0 Å². The first kappa shape index (κ1) is 26.8. The van der Waals surface area contributed by atoms with E-state index in [0.29, 0.717) is 24.8 Å². The van der Waals surface area contributed by atoms with Crippen LogP contribution in [0.1, 0.15) is 46.3 Å². The summed E-state index contributed by atoms with van der Waals surface area (Å²) in [6.07, 6.45) is 2.58. The molecule has 0 bridgehead atoms. The number of carbonyl (C=O) groups is 2. The van der Waals surface area contributed by atoms with Crippen molar-refractivity contribution in [2.24, 2.45) is 0 Å². The number of aryl methyl sites for hydroxylation is 1. The van der Waals surface area contributed by atoms with Gasteiger partial charge in [0.15, 0.2) is 0 Å². The third kappa shape index (κ3) is 7.37. The number of nitrogens with one attached hydrogen (secondary N) is 3. The fraction of sp³-hybridized carbons (Fsp3) is 0.269. The molecule has 3 aromatic rings. The Morgan fingerprint density at radius 2 is 1.69 bits per heavy atom. The molecule has 1 aromatic heterocycles. The maximum Gasteiger partial charge on any atom is 0.326 e. The van der Waals surface area contributed by atoms with Crippen molar-refractivity contribution in [1.82, 2.24) is 15.0 Å². The highest BCUT2D eigenvalue weighted by atomic mass is 32.2. The number of carboxylic acids is 1. The lowest BCUT2D eigenvalue weighted by Gasteiger charge is -2.16. The molecule has 0 radical (unpaired) electrons. The van der Waals surface area contributed by atoms with Gasteiger partial charge in [-0.2, -0.15) is 0 Å². The molecule has 2 aromatic carbocycles. The maximum atomic E-state index is 12.9. The largest absolute Gasteiger partial charge is 0.480 e. The van der Waals surface area contributed by atoms with Crippen molar-refractivity contribution in [3.63, 3.8) is 0 Å². The van der Waals surface area contributed by atoms with E-state index in [4.69, 9.17) is 0 Å². The number of H-pyrrole nitrogens is 1. The summed E-state index contributed by atoms with van der Waals surface area (Å²) in [5, 5.41) is 12.0. The van der Waals surface area contributed by atoms with Crippen molar-refractivity contribution in [1.29, 1.82) is 0 Å². The van der Waals surface area contributed by atoms with Crippen LogP contribution in [0.5, 0.6) is 0 Å². The number of carboxylic acid groups (broad SMARTS) is 1. The highest BCUT2D eigenvalue weighted by Gasteiger charge is 2.24. The Morgan fingerprint density at radius 1 is 1.00 bits per heavy atom. The number of benzene rings is 2.